The smallest absolute Gasteiger partial charge is 0.232 e. The summed E-state index contributed by atoms with van der Waals surface area (Å²) in [4.78, 5) is 13.8. The Morgan fingerprint density at radius 1 is 0.895 bits per heavy atom. The van der Waals surface area contributed by atoms with Gasteiger partial charge in [-0.05, 0) is 83.2 Å². The molecule has 8 nitrogen and oxygen atoms in total. The first kappa shape index (κ1) is 25.0. The van der Waals surface area contributed by atoms with Gasteiger partial charge in [0, 0.05) is 44.3 Å². The molecular formula is C29H37FN8. The van der Waals surface area contributed by atoms with Crippen LogP contribution in [-0.4, -0.2) is 94.8 Å². The lowest BCUT2D eigenvalue weighted by Crippen LogP contribution is -2.55. The minimum Gasteiger partial charge on any atom is -0.369 e. The monoisotopic (exact) mass is 516 g/mol. The zero-order valence-electron chi connectivity index (χ0n) is 23.0. The lowest BCUT2D eigenvalue weighted by Gasteiger charge is -2.42. The van der Waals surface area contributed by atoms with Gasteiger partial charge in [0.05, 0.1) is 22.9 Å². The molecule has 0 amide bonds. The molecule has 2 aromatic heterocycles. The molecule has 200 valence electrons. The second-order valence-corrected chi connectivity index (χ2v) is 11.3. The van der Waals surface area contributed by atoms with Gasteiger partial charge in [0.2, 0.25) is 5.95 Å². The summed E-state index contributed by atoms with van der Waals surface area (Å²) in [5.74, 6) is 0.659. The number of hydrogen-bond acceptors (Lipinski definition) is 7. The van der Waals surface area contributed by atoms with Crippen LogP contribution < -0.4 is 9.80 Å². The van der Waals surface area contributed by atoms with Crippen LogP contribution in [0.1, 0.15) is 26.7 Å². The van der Waals surface area contributed by atoms with Gasteiger partial charge < -0.3 is 14.7 Å². The third-order valence-corrected chi connectivity index (χ3v) is 8.67. The number of likely N-dealkylation sites (N-methyl/N-ethyl adjacent to an activating group) is 1. The molecular weight excluding hydrogens is 479 g/mol. The lowest BCUT2D eigenvalue weighted by atomic mass is 10.0. The minimum atomic E-state index is -0.173. The Morgan fingerprint density at radius 2 is 1.58 bits per heavy atom. The molecule has 38 heavy (non-hydrogen) atoms. The fourth-order valence-corrected chi connectivity index (χ4v) is 6.06. The van der Waals surface area contributed by atoms with Crippen molar-refractivity contribution < 1.29 is 4.39 Å². The Morgan fingerprint density at radius 3 is 2.26 bits per heavy atom. The van der Waals surface area contributed by atoms with Crippen molar-refractivity contribution >= 4 is 28.3 Å². The van der Waals surface area contributed by atoms with E-state index in [1.165, 1.54) is 0 Å². The van der Waals surface area contributed by atoms with Crippen LogP contribution in [0.5, 0.6) is 0 Å². The van der Waals surface area contributed by atoms with Gasteiger partial charge in [-0.3, -0.25) is 14.3 Å². The lowest BCUT2D eigenvalue weighted by molar-refractivity contribution is 0.169. The van der Waals surface area contributed by atoms with E-state index < -0.39 is 0 Å². The molecule has 2 saturated heterocycles. The van der Waals surface area contributed by atoms with Crippen molar-refractivity contribution in [2.45, 2.75) is 44.8 Å². The maximum absolute atomic E-state index is 15.4. The van der Waals surface area contributed by atoms with Crippen LogP contribution in [0.15, 0.2) is 42.6 Å². The number of nitrogens with zero attached hydrogens (tertiary/aromatic N) is 8. The summed E-state index contributed by atoms with van der Waals surface area (Å²) >= 11 is 0. The SMILES string of the molecule is CC1CN(c2nnc3cnc4ccc(-c5ccc(N6CCC(N(C)C)CC6)c(F)c5)cc4n23)C[C@H](C)N1C. The number of hydrogen-bond donors (Lipinski definition) is 0. The summed E-state index contributed by atoms with van der Waals surface area (Å²) in [7, 11) is 6.42. The van der Waals surface area contributed by atoms with Gasteiger partial charge in [-0.2, -0.15) is 0 Å². The average Bonchev–Trinajstić information content (AvgIpc) is 3.36. The summed E-state index contributed by atoms with van der Waals surface area (Å²) in [6.45, 7) is 7.99. The molecule has 0 radical (unpaired) electrons. The van der Waals surface area contributed by atoms with Crippen molar-refractivity contribution in [1.29, 1.82) is 0 Å². The normalized spacial score (nSPS) is 21.8. The topological polar surface area (TPSA) is 56.0 Å². The zero-order chi connectivity index (χ0) is 26.6. The number of piperazine rings is 1. The highest BCUT2D eigenvalue weighted by Crippen LogP contribution is 2.31. The molecule has 0 spiro atoms. The van der Waals surface area contributed by atoms with Crippen LogP contribution in [0.25, 0.3) is 27.8 Å². The van der Waals surface area contributed by atoms with E-state index in [0.29, 0.717) is 29.5 Å². The molecule has 2 fully saturated rings. The Labute approximate surface area is 223 Å². The third-order valence-electron chi connectivity index (χ3n) is 8.67. The molecule has 2 atom stereocenters. The summed E-state index contributed by atoms with van der Waals surface area (Å²) in [6.07, 6.45) is 3.87. The molecule has 0 aliphatic carbocycles. The first-order valence-electron chi connectivity index (χ1n) is 13.6. The van der Waals surface area contributed by atoms with Crippen molar-refractivity contribution in [1.82, 2.24) is 29.4 Å². The van der Waals surface area contributed by atoms with Gasteiger partial charge in [0.1, 0.15) is 5.82 Å². The first-order chi connectivity index (χ1) is 18.3. The predicted octanol–water partition coefficient (Wildman–Crippen LogP) is 4.14. The molecule has 2 aromatic carbocycles. The van der Waals surface area contributed by atoms with Gasteiger partial charge >= 0.3 is 0 Å². The van der Waals surface area contributed by atoms with Crippen LogP contribution in [0.4, 0.5) is 16.0 Å². The summed E-state index contributed by atoms with van der Waals surface area (Å²) in [6, 6.07) is 13.1. The fraction of sp³-hybridized carbons (Fsp3) is 0.483. The van der Waals surface area contributed by atoms with Crippen molar-refractivity contribution in [2.24, 2.45) is 0 Å². The molecule has 9 heteroatoms. The number of aromatic nitrogens is 4. The third kappa shape index (κ3) is 4.37. The van der Waals surface area contributed by atoms with Crippen molar-refractivity contribution in [2.75, 3.05) is 57.1 Å². The summed E-state index contributed by atoms with van der Waals surface area (Å²) in [5.41, 5.74) is 4.99. The van der Waals surface area contributed by atoms with E-state index in [1.807, 2.05) is 24.3 Å². The van der Waals surface area contributed by atoms with Gasteiger partial charge in [-0.25, -0.2) is 4.39 Å². The number of benzene rings is 2. The highest BCUT2D eigenvalue weighted by Gasteiger charge is 2.29. The fourth-order valence-electron chi connectivity index (χ4n) is 6.06. The van der Waals surface area contributed by atoms with Crippen LogP contribution in [0, 0.1) is 5.82 Å². The van der Waals surface area contributed by atoms with E-state index in [2.05, 4.69) is 80.2 Å². The Hall–Kier alpha value is -3.30. The molecule has 0 saturated carbocycles. The quantitative estimate of drug-likeness (QED) is 0.404. The van der Waals surface area contributed by atoms with E-state index in [1.54, 1.807) is 12.3 Å². The number of anilines is 2. The number of piperidine rings is 1. The van der Waals surface area contributed by atoms with Crippen molar-refractivity contribution in [3.8, 4) is 11.1 Å². The Bertz CT molecular complexity index is 1450. The maximum Gasteiger partial charge on any atom is 0.232 e. The van der Waals surface area contributed by atoms with E-state index >= 15 is 4.39 Å². The van der Waals surface area contributed by atoms with Gasteiger partial charge in [0.25, 0.3) is 0 Å². The first-order valence-corrected chi connectivity index (χ1v) is 13.6. The number of rotatable bonds is 4. The van der Waals surface area contributed by atoms with Crippen LogP contribution in [0.2, 0.25) is 0 Å². The Kier molecular flexibility index (Phi) is 6.44. The second-order valence-electron chi connectivity index (χ2n) is 11.3. The predicted molar refractivity (Wildman–Crippen MR) is 152 cm³/mol. The van der Waals surface area contributed by atoms with E-state index in [9.17, 15) is 0 Å². The molecule has 0 N–H and O–H groups in total. The molecule has 2 aliphatic rings. The largest absolute Gasteiger partial charge is 0.369 e. The Balaban J connectivity index is 1.34. The second kappa shape index (κ2) is 9.78. The van der Waals surface area contributed by atoms with E-state index in [4.69, 9.17) is 0 Å². The average molecular weight is 517 g/mol. The van der Waals surface area contributed by atoms with E-state index in [0.717, 1.165) is 67.1 Å². The zero-order valence-corrected chi connectivity index (χ0v) is 23.0. The van der Waals surface area contributed by atoms with E-state index in [-0.39, 0.29) is 5.82 Å². The number of fused-ring (bicyclic) bond motifs is 3. The molecule has 6 rings (SSSR count). The molecule has 4 heterocycles. The van der Waals surface area contributed by atoms with Crippen LogP contribution in [-0.2, 0) is 0 Å². The van der Waals surface area contributed by atoms with Crippen LogP contribution >= 0.6 is 0 Å². The summed E-state index contributed by atoms with van der Waals surface area (Å²) < 4.78 is 17.5. The molecule has 0 bridgehead atoms. The van der Waals surface area contributed by atoms with Crippen molar-refractivity contribution in [3.63, 3.8) is 0 Å². The summed E-state index contributed by atoms with van der Waals surface area (Å²) in [5, 5.41) is 9.01. The maximum atomic E-state index is 15.4. The van der Waals surface area contributed by atoms with Gasteiger partial charge in [-0.1, -0.05) is 12.1 Å². The molecule has 2 aliphatic heterocycles. The van der Waals surface area contributed by atoms with Crippen molar-refractivity contribution in [3.05, 3.63) is 48.4 Å². The highest BCUT2D eigenvalue weighted by molar-refractivity contribution is 5.84. The number of halogens is 1. The molecule has 1 unspecified atom stereocenters. The van der Waals surface area contributed by atoms with Gasteiger partial charge in [0.15, 0.2) is 5.65 Å². The van der Waals surface area contributed by atoms with Gasteiger partial charge in [-0.15, -0.1) is 10.2 Å². The minimum absolute atomic E-state index is 0.173. The standard InChI is InChI=1S/C29H37FN8/c1-19-17-37(18-20(2)35(19)5)29-33-32-28-16-31-25-8-6-22(15-27(25)38(28)29)21-7-9-26(24(30)14-21)36-12-10-23(11-13-36)34(3)4/h6-9,14-16,19-20,23H,10-13,17-18H2,1-5H3/t19-,20?/m0/s1. The highest BCUT2D eigenvalue weighted by atomic mass is 19.1. The molecule has 4 aromatic rings. The van der Waals surface area contributed by atoms with Crippen LogP contribution in [0.3, 0.4) is 0 Å².